The summed E-state index contributed by atoms with van der Waals surface area (Å²) in [6, 6.07) is 14.5. The lowest BCUT2D eigenvalue weighted by Gasteiger charge is -2.11. The predicted molar refractivity (Wildman–Crippen MR) is 84.7 cm³/mol. The molecule has 0 aliphatic heterocycles. The Kier molecular flexibility index (Phi) is 5.18. The molecule has 2 rings (SSSR count). The topological polar surface area (TPSA) is 83.5 Å². The van der Waals surface area contributed by atoms with Crippen LogP contribution in [-0.4, -0.2) is 24.3 Å². The second kappa shape index (κ2) is 6.91. The summed E-state index contributed by atoms with van der Waals surface area (Å²) >= 11 is 6.07. The molecule has 2 aromatic carbocycles. The van der Waals surface area contributed by atoms with Crippen LogP contribution in [0.5, 0.6) is 0 Å². The number of halogens is 1. The average molecular weight is 340 g/mol. The molecule has 1 amide bonds. The first-order valence-corrected chi connectivity index (χ1v) is 8.30. The zero-order valence-electron chi connectivity index (χ0n) is 11.4. The van der Waals surface area contributed by atoms with E-state index in [2.05, 4.69) is 5.32 Å². The summed E-state index contributed by atoms with van der Waals surface area (Å²) in [5, 5.41) is 1.85. The van der Waals surface area contributed by atoms with Crippen molar-refractivity contribution in [2.45, 2.75) is 16.7 Å². The predicted octanol–water partition coefficient (Wildman–Crippen LogP) is 2.72. The lowest BCUT2D eigenvalue weighted by atomic mass is 10.1. The summed E-state index contributed by atoms with van der Waals surface area (Å²) in [5.74, 6) is -0.384. The van der Waals surface area contributed by atoms with Crippen LogP contribution in [0, 0.1) is 0 Å². The molecule has 0 radical (unpaired) electrons. The lowest BCUT2D eigenvalue weighted by Crippen LogP contribution is -2.25. The number of anilines is 1. The maximum atomic E-state index is 12.0. The lowest BCUT2D eigenvalue weighted by molar-refractivity contribution is -0.115. The van der Waals surface area contributed by atoms with Gasteiger partial charge in [0.05, 0.1) is 4.90 Å². The molecule has 0 aliphatic rings. The summed E-state index contributed by atoms with van der Waals surface area (Å²) in [5.41, 5.74) is 1.34. The highest BCUT2D eigenvalue weighted by molar-refractivity contribution is 7.85. The Morgan fingerprint density at radius 1 is 1.09 bits per heavy atom. The molecule has 0 unspecified atom stereocenters. The van der Waals surface area contributed by atoms with Gasteiger partial charge in [0, 0.05) is 5.69 Å². The standard InChI is InChI=1S/C15H14ClNO4S/c16-14(10-11-4-2-1-3-5-11)15(18)17-12-6-8-13(9-7-12)22(19,20)21/h1-9,14H,10H2,(H,17,18)(H,19,20,21)/t14-/m1/s1. The number of hydrogen-bond acceptors (Lipinski definition) is 3. The number of carbonyl (C=O) groups excluding carboxylic acids is 1. The van der Waals surface area contributed by atoms with Crippen molar-refractivity contribution in [3.05, 3.63) is 60.2 Å². The zero-order valence-corrected chi connectivity index (χ0v) is 13.0. The van der Waals surface area contributed by atoms with Crippen LogP contribution in [-0.2, 0) is 21.3 Å². The third kappa shape index (κ3) is 4.56. The van der Waals surface area contributed by atoms with E-state index in [4.69, 9.17) is 16.2 Å². The van der Waals surface area contributed by atoms with Crippen molar-refractivity contribution in [2.75, 3.05) is 5.32 Å². The molecule has 1 atom stereocenters. The summed E-state index contributed by atoms with van der Waals surface area (Å²) in [6.07, 6.45) is 0.386. The van der Waals surface area contributed by atoms with Crippen molar-refractivity contribution in [3.8, 4) is 0 Å². The third-order valence-electron chi connectivity index (χ3n) is 2.96. The van der Waals surface area contributed by atoms with E-state index in [0.717, 1.165) is 5.56 Å². The fourth-order valence-corrected chi connectivity index (χ4v) is 2.56. The monoisotopic (exact) mass is 339 g/mol. The quantitative estimate of drug-likeness (QED) is 0.648. The van der Waals surface area contributed by atoms with Crippen molar-refractivity contribution in [3.63, 3.8) is 0 Å². The molecule has 0 aliphatic carbocycles. The van der Waals surface area contributed by atoms with E-state index in [-0.39, 0.29) is 10.8 Å². The van der Waals surface area contributed by atoms with Crippen LogP contribution in [0.3, 0.4) is 0 Å². The second-order valence-corrected chi connectivity index (χ2v) is 6.59. The van der Waals surface area contributed by atoms with E-state index in [0.29, 0.717) is 12.1 Å². The highest BCUT2D eigenvalue weighted by Gasteiger charge is 2.16. The smallest absolute Gasteiger partial charge is 0.294 e. The highest BCUT2D eigenvalue weighted by Crippen LogP contribution is 2.15. The molecule has 22 heavy (non-hydrogen) atoms. The Bertz CT molecular complexity index is 745. The Balaban J connectivity index is 1.99. The van der Waals surface area contributed by atoms with Gasteiger partial charge in [0.1, 0.15) is 5.38 Å². The molecule has 5 nitrogen and oxygen atoms in total. The number of hydrogen-bond donors (Lipinski definition) is 2. The molecule has 0 spiro atoms. The summed E-state index contributed by atoms with van der Waals surface area (Å²) < 4.78 is 30.7. The molecule has 0 fully saturated rings. The third-order valence-corrected chi connectivity index (χ3v) is 4.18. The van der Waals surface area contributed by atoms with Crippen LogP contribution in [0.25, 0.3) is 0 Å². The van der Waals surface area contributed by atoms with E-state index in [1.165, 1.54) is 24.3 Å². The Hall–Kier alpha value is -1.89. The van der Waals surface area contributed by atoms with E-state index in [9.17, 15) is 13.2 Å². The summed E-state index contributed by atoms with van der Waals surface area (Å²) in [6.45, 7) is 0. The molecule has 116 valence electrons. The molecule has 0 heterocycles. The number of amides is 1. The van der Waals surface area contributed by atoms with Gasteiger partial charge in [-0.3, -0.25) is 9.35 Å². The number of carbonyl (C=O) groups is 1. The fraction of sp³-hybridized carbons (Fsp3) is 0.133. The largest absolute Gasteiger partial charge is 0.325 e. The molecule has 7 heteroatoms. The van der Waals surface area contributed by atoms with Gasteiger partial charge in [-0.2, -0.15) is 8.42 Å². The van der Waals surface area contributed by atoms with E-state index >= 15 is 0 Å². The molecular weight excluding hydrogens is 326 g/mol. The zero-order chi connectivity index (χ0) is 16.2. The van der Waals surface area contributed by atoms with Gasteiger partial charge in [-0.25, -0.2) is 0 Å². The van der Waals surface area contributed by atoms with Crippen molar-refractivity contribution < 1.29 is 17.8 Å². The van der Waals surface area contributed by atoms with Crippen LogP contribution in [0.4, 0.5) is 5.69 Å². The second-order valence-electron chi connectivity index (χ2n) is 4.65. The maximum Gasteiger partial charge on any atom is 0.294 e. The van der Waals surface area contributed by atoms with Crippen LogP contribution in [0.2, 0.25) is 0 Å². The minimum Gasteiger partial charge on any atom is -0.325 e. The normalized spacial score (nSPS) is 12.6. The summed E-state index contributed by atoms with van der Waals surface area (Å²) in [4.78, 5) is 11.7. The van der Waals surface area contributed by atoms with Crippen molar-refractivity contribution >= 4 is 33.3 Å². The maximum absolute atomic E-state index is 12.0. The molecule has 0 saturated heterocycles. The first-order valence-electron chi connectivity index (χ1n) is 6.42. The molecule has 0 bridgehead atoms. The Labute approximate surface area is 133 Å². The van der Waals surface area contributed by atoms with Crippen LogP contribution in [0.1, 0.15) is 5.56 Å². The Morgan fingerprint density at radius 2 is 1.68 bits per heavy atom. The Morgan fingerprint density at radius 3 is 2.23 bits per heavy atom. The van der Waals surface area contributed by atoms with Gasteiger partial charge in [-0.1, -0.05) is 30.3 Å². The van der Waals surface area contributed by atoms with Gasteiger partial charge in [0.2, 0.25) is 5.91 Å². The van der Waals surface area contributed by atoms with E-state index in [1.807, 2.05) is 30.3 Å². The minimum absolute atomic E-state index is 0.239. The SMILES string of the molecule is O=C(Nc1ccc(S(=O)(=O)O)cc1)[C@H](Cl)Cc1ccccc1. The number of benzene rings is 2. The van der Waals surface area contributed by atoms with Crippen molar-refractivity contribution in [1.82, 2.24) is 0 Å². The van der Waals surface area contributed by atoms with Gasteiger partial charge in [-0.15, -0.1) is 11.6 Å². The van der Waals surface area contributed by atoms with Gasteiger partial charge >= 0.3 is 0 Å². The van der Waals surface area contributed by atoms with Crippen LogP contribution in [0.15, 0.2) is 59.5 Å². The van der Waals surface area contributed by atoms with E-state index < -0.39 is 15.5 Å². The van der Waals surface area contributed by atoms with Gasteiger partial charge in [0.25, 0.3) is 10.1 Å². The molecular formula is C15H14ClNO4S. The van der Waals surface area contributed by atoms with E-state index in [1.54, 1.807) is 0 Å². The number of nitrogens with one attached hydrogen (secondary N) is 1. The van der Waals surface area contributed by atoms with Gasteiger partial charge in [0.15, 0.2) is 0 Å². The first-order chi connectivity index (χ1) is 10.4. The molecule has 2 N–H and O–H groups in total. The van der Waals surface area contributed by atoms with Crippen LogP contribution < -0.4 is 5.32 Å². The summed E-state index contributed by atoms with van der Waals surface area (Å²) in [7, 11) is -4.24. The minimum atomic E-state index is -4.24. The average Bonchev–Trinajstić information content (AvgIpc) is 2.48. The van der Waals surface area contributed by atoms with Gasteiger partial charge in [-0.05, 0) is 36.2 Å². The molecule has 0 saturated carbocycles. The molecule has 2 aromatic rings. The number of rotatable bonds is 5. The fourth-order valence-electron chi connectivity index (χ4n) is 1.84. The molecule has 0 aromatic heterocycles. The van der Waals surface area contributed by atoms with Gasteiger partial charge < -0.3 is 5.32 Å². The van der Waals surface area contributed by atoms with Crippen molar-refractivity contribution in [1.29, 1.82) is 0 Å². The van der Waals surface area contributed by atoms with Crippen molar-refractivity contribution in [2.24, 2.45) is 0 Å². The first kappa shape index (κ1) is 16.5. The highest BCUT2D eigenvalue weighted by atomic mass is 35.5. The number of alkyl halides is 1. The van der Waals surface area contributed by atoms with Crippen LogP contribution >= 0.6 is 11.6 Å².